The molecule has 0 saturated carbocycles. The number of piperazine rings is 1. The molecular weight excluding hydrogens is 380 g/mol. The number of amides is 3. The van der Waals surface area contributed by atoms with E-state index in [2.05, 4.69) is 57.4 Å². The van der Waals surface area contributed by atoms with E-state index in [1.807, 2.05) is 12.1 Å². The molecule has 0 aliphatic carbocycles. The van der Waals surface area contributed by atoms with Gasteiger partial charge >= 0.3 is 6.03 Å². The van der Waals surface area contributed by atoms with Gasteiger partial charge in [-0.2, -0.15) is 0 Å². The average molecular weight is 406 g/mol. The first-order valence-corrected chi connectivity index (χ1v) is 10.3. The highest BCUT2D eigenvalue weighted by Crippen LogP contribution is 2.29. The molecule has 5 rings (SSSR count). The van der Waals surface area contributed by atoms with Crippen LogP contribution in [0.15, 0.2) is 47.5 Å². The fourth-order valence-corrected chi connectivity index (χ4v) is 4.56. The van der Waals surface area contributed by atoms with E-state index in [-0.39, 0.29) is 5.91 Å². The van der Waals surface area contributed by atoms with E-state index in [9.17, 15) is 9.59 Å². The Morgan fingerprint density at radius 2 is 1.73 bits per heavy atom. The van der Waals surface area contributed by atoms with E-state index in [1.54, 1.807) is 7.05 Å². The van der Waals surface area contributed by atoms with Crippen LogP contribution in [0, 0.1) is 0 Å². The fraction of sp³-hybridized carbons (Fsp3) is 0.409. The summed E-state index contributed by atoms with van der Waals surface area (Å²) in [6.45, 7) is 4.14. The maximum absolute atomic E-state index is 12.9. The predicted octanol–water partition coefficient (Wildman–Crippen LogP) is 1.14. The molecule has 0 bridgehead atoms. The Hall–Kier alpha value is -3.13. The molecule has 156 valence electrons. The quantitative estimate of drug-likeness (QED) is 0.810. The molecule has 1 N–H and O–H groups in total. The molecular formula is C22H26N6O2. The van der Waals surface area contributed by atoms with Crippen LogP contribution in [0.4, 0.5) is 4.79 Å². The van der Waals surface area contributed by atoms with Gasteiger partial charge in [0.05, 0.1) is 0 Å². The molecule has 2 aromatic rings. The smallest absolute Gasteiger partial charge is 0.325 e. The maximum atomic E-state index is 12.9. The molecule has 3 aliphatic rings. The topological polar surface area (TPSA) is 71.5 Å². The lowest BCUT2D eigenvalue weighted by Crippen LogP contribution is -2.64. The van der Waals surface area contributed by atoms with Gasteiger partial charge in [0.15, 0.2) is 18.2 Å². The number of nitrogens with zero attached hydrogens (tertiary/aromatic N) is 5. The summed E-state index contributed by atoms with van der Waals surface area (Å²) in [5, 5.41) is 4.83. The second kappa shape index (κ2) is 7.28. The minimum atomic E-state index is -0.527. The minimum Gasteiger partial charge on any atom is -0.340 e. The van der Waals surface area contributed by atoms with Crippen LogP contribution in [0.1, 0.15) is 5.56 Å². The van der Waals surface area contributed by atoms with Gasteiger partial charge in [-0.15, -0.1) is 0 Å². The molecule has 30 heavy (non-hydrogen) atoms. The van der Waals surface area contributed by atoms with Crippen LogP contribution >= 0.6 is 0 Å². The molecule has 3 aliphatic heterocycles. The number of carbonyl (C=O) groups is 2. The Balaban J connectivity index is 1.53. The molecule has 2 unspecified atom stereocenters. The maximum Gasteiger partial charge on any atom is 0.325 e. The van der Waals surface area contributed by atoms with Gasteiger partial charge in [0, 0.05) is 39.8 Å². The van der Waals surface area contributed by atoms with Crippen molar-refractivity contribution >= 4 is 28.7 Å². The van der Waals surface area contributed by atoms with Crippen LogP contribution < -0.4 is 5.32 Å². The number of guanidine groups is 1. The van der Waals surface area contributed by atoms with Crippen LogP contribution in [-0.2, 0) is 11.3 Å². The molecule has 3 amide bonds. The van der Waals surface area contributed by atoms with E-state index in [4.69, 9.17) is 4.99 Å². The van der Waals surface area contributed by atoms with Gasteiger partial charge in [-0.1, -0.05) is 42.5 Å². The Morgan fingerprint density at radius 3 is 2.53 bits per heavy atom. The summed E-state index contributed by atoms with van der Waals surface area (Å²) in [6.07, 6.45) is -0.504. The molecule has 3 heterocycles. The second-order valence-corrected chi connectivity index (χ2v) is 8.25. The van der Waals surface area contributed by atoms with Crippen molar-refractivity contribution in [2.24, 2.45) is 4.99 Å². The SMILES string of the molecule is CN1CCN(C2=NC3C(C(=O)NC(=O)N3C)N2Cc2cccc3ccccc23)CC1. The van der Waals surface area contributed by atoms with Crippen molar-refractivity contribution < 1.29 is 9.59 Å². The molecule has 2 atom stereocenters. The first kappa shape index (κ1) is 18.9. The first-order valence-electron chi connectivity index (χ1n) is 10.3. The monoisotopic (exact) mass is 406 g/mol. The Morgan fingerprint density at radius 1 is 1.00 bits per heavy atom. The number of imide groups is 1. The van der Waals surface area contributed by atoms with Gasteiger partial charge in [0.25, 0.3) is 5.91 Å². The lowest BCUT2D eigenvalue weighted by atomic mass is 10.0. The van der Waals surface area contributed by atoms with Crippen molar-refractivity contribution in [3.63, 3.8) is 0 Å². The van der Waals surface area contributed by atoms with Crippen LogP contribution in [-0.4, -0.2) is 90.0 Å². The number of likely N-dealkylation sites (N-methyl/N-ethyl adjacent to an activating group) is 2. The molecule has 2 aromatic carbocycles. The van der Waals surface area contributed by atoms with Crippen LogP contribution in [0.3, 0.4) is 0 Å². The van der Waals surface area contributed by atoms with Gasteiger partial charge in [-0.3, -0.25) is 10.1 Å². The first-order chi connectivity index (χ1) is 14.5. The Labute approximate surface area is 175 Å². The number of aliphatic imine (C=N–C) groups is 1. The number of benzene rings is 2. The zero-order chi connectivity index (χ0) is 20.8. The number of hydrogen-bond acceptors (Lipinski definition) is 6. The fourth-order valence-electron chi connectivity index (χ4n) is 4.56. The summed E-state index contributed by atoms with van der Waals surface area (Å²) in [5.74, 6) is 0.527. The van der Waals surface area contributed by atoms with E-state index < -0.39 is 18.2 Å². The third-order valence-electron chi connectivity index (χ3n) is 6.35. The number of hydrogen-bond donors (Lipinski definition) is 1. The predicted molar refractivity (Wildman–Crippen MR) is 115 cm³/mol. The molecule has 0 spiro atoms. The lowest BCUT2D eigenvalue weighted by Gasteiger charge is -2.40. The summed E-state index contributed by atoms with van der Waals surface area (Å²) in [6, 6.07) is 13.6. The number of fused-ring (bicyclic) bond motifs is 2. The largest absolute Gasteiger partial charge is 0.340 e. The van der Waals surface area contributed by atoms with Crippen molar-refractivity contribution in [1.29, 1.82) is 0 Å². The Bertz CT molecular complexity index is 1020. The number of rotatable bonds is 2. The molecule has 0 radical (unpaired) electrons. The number of urea groups is 1. The van der Waals surface area contributed by atoms with E-state index in [0.29, 0.717) is 6.54 Å². The molecule has 0 aromatic heterocycles. The van der Waals surface area contributed by atoms with Crippen molar-refractivity contribution in [1.82, 2.24) is 24.9 Å². The third-order valence-corrected chi connectivity index (χ3v) is 6.35. The zero-order valence-electron chi connectivity index (χ0n) is 17.3. The highest BCUT2D eigenvalue weighted by molar-refractivity contribution is 6.03. The second-order valence-electron chi connectivity index (χ2n) is 8.25. The van der Waals surface area contributed by atoms with Gasteiger partial charge in [0.2, 0.25) is 0 Å². The van der Waals surface area contributed by atoms with Gasteiger partial charge in [0.1, 0.15) is 0 Å². The summed E-state index contributed by atoms with van der Waals surface area (Å²) in [4.78, 5) is 38.1. The molecule has 8 heteroatoms. The Kier molecular flexibility index (Phi) is 4.58. The van der Waals surface area contributed by atoms with Crippen molar-refractivity contribution in [2.75, 3.05) is 40.3 Å². The van der Waals surface area contributed by atoms with Gasteiger partial charge in [-0.25, -0.2) is 9.79 Å². The normalized spacial score (nSPS) is 24.9. The standard InChI is InChI=1S/C22H26N6O2/c1-25-10-12-27(13-11-25)21-23-19-18(20(29)24-22(30)26(19)2)28(21)14-16-8-5-7-15-6-3-4-9-17(15)16/h3-9,18-19H,10-14H2,1-2H3,(H,24,29,30). The highest BCUT2D eigenvalue weighted by atomic mass is 16.2. The summed E-state index contributed by atoms with van der Waals surface area (Å²) in [5.41, 5.74) is 1.14. The minimum absolute atomic E-state index is 0.281. The van der Waals surface area contributed by atoms with Crippen LogP contribution in [0.2, 0.25) is 0 Å². The number of nitrogens with one attached hydrogen (secondary N) is 1. The third kappa shape index (κ3) is 3.08. The average Bonchev–Trinajstić information content (AvgIpc) is 3.13. The molecule has 2 fully saturated rings. The molecule has 8 nitrogen and oxygen atoms in total. The van der Waals surface area contributed by atoms with Gasteiger partial charge < -0.3 is 19.6 Å². The van der Waals surface area contributed by atoms with Crippen molar-refractivity contribution in [3.05, 3.63) is 48.0 Å². The highest BCUT2D eigenvalue weighted by Gasteiger charge is 2.49. The van der Waals surface area contributed by atoms with Gasteiger partial charge in [-0.05, 0) is 23.4 Å². The van der Waals surface area contributed by atoms with E-state index >= 15 is 0 Å². The summed E-state index contributed by atoms with van der Waals surface area (Å²) in [7, 11) is 3.81. The number of carbonyl (C=O) groups excluding carboxylic acids is 2. The van der Waals surface area contributed by atoms with E-state index in [0.717, 1.165) is 37.7 Å². The van der Waals surface area contributed by atoms with E-state index in [1.165, 1.54) is 15.7 Å². The van der Waals surface area contributed by atoms with Crippen molar-refractivity contribution in [2.45, 2.75) is 18.8 Å². The zero-order valence-corrected chi connectivity index (χ0v) is 17.3. The van der Waals surface area contributed by atoms with Crippen LogP contribution in [0.25, 0.3) is 10.8 Å². The molecule has 2 saturated heterocycles. The lowest BCUT2D eigenvalue weighted by molar-refractivity contribution is -0.127. The summed E-state index contributed by atoms with van der Waals surface area (Å²) < 4.78 is 0. The summed E-state index contributed by atoms with van der Waals surface area (Å²) >= 11 is 0. The van der Waals surface area contributed by atoms with Crippen molar-refractivity contribution in [3.8, 4) is 0 Å². The van der Waals surface area contributed by atoms with Crippen LogP contribution in [0.5, 0.6) is 0 Å².